The molecule has 0 aromatic carbocycles. The largest absolute Gasteiger partial charge is 0.308 e. The molecule has 19 heavy (non-hydrogen) atoms. The maximum atomic E-state index is 5.89. The van der Waals surface area contributed by atoms with E-state index < -0.39 is 0 Å². The molecular formula is C14H19ClN4. The van der Waals surface area contributed by atoms with Crippen LogP contribution in [0.5, 0.6) is 0 Å². The molecule has 0 aliphatic carbocycles. The van der Waals surface area contributed by atoms with Gasteiger partial charge in [0.15, 0.2) is 0 Å². The van der Waals surface area contributed by atoms with Crippen LogP contribution < -0.4 is 5.32 Å². The first-order chi connectivity index (χ1) is 9.19. The van der Waals surface area contributed by atoms with Crippen LogP contribution in [0.15, 0.2) is 30.7 Å². The third-order valence-electron chi connectivity index (χ3n) is 2.95. The number of nitrogens with one attached hydrogen (secondary N) is 1. The van der Waals surface area contributed by atoms with Crippen molar-refractivity contribution < 1.29 is 0 Å². The molecule has 0 bridgehead atoms. The first-order valence-electron chi connectivity index (χ1n) is 6.51. The smallest absolute Gasteiger partial charge is 0.0589 e. The zero-order chi connectivity index (χ0) is 13.7. The molecule has 4 nitrogen and oxygen atoms in total. The summed E-state index contributed by atoms with van der Waals surface area (Å²) in [5.74, 6) is 0. The van der Waals surface area contributed by atoms with Crippen LogP contribution in [-0.2, 0) is 13.5 Å². The van der Waals surface area contributed by atoms with Crippen molar-refractivity contribution in [3.05, 3.63) is 47.0 Å². The number of pyridine rings is 1. The summed E-state index contributed by atoms with van der Waals surface area (Å²) in [7, 11) is 1.93. The molecule has 2 aromatic heterocycles. The molecule has 2 aromatic rings. The summed E-state index contributed by atoms with van der Waals surface area (Å²) in [5, 5.41) is 8.39. The van der Waals surface area contributed by atoms with Gasteiger partial charge in [0.2, 0.25) is 0 Å². The summed E-state index contributed by atoms with van der Waals surface area (Å²) < 4.78 is 1.82. The van der Waals surface area contributed by atoms with Crippen LogP contribution in [0.1, 0.15) is 30.6 Å². The zero-order valence-corrected chi connectivity index (χ0v) is 12.1. The Kier molecular flexibility index (Phi) is 4.93. The second-order valence-corrected chi connectivity index (χ2v) is 5.07. The Morgan fingerprint density at radius 3 is 2.79 bits per heavy atom. The molecule has 1 unspecified atom stereocenters. The lowest BCUT2D eigenvalue weighted by atomic mass is 10.1. The van der Waals surface area contributed by atoms with Gasteiger partial charge in [-0.05, 0) is 37.1 Å². The van der Waals surface area contributed by atoms with Crippen LogP contribution in [0.3, 0.4) is 0 Å². The van der Waals surface area contributed by atoms with Crippen LogP contribution in [0.2, 0.25) is 5.02 Å². The molecule has 2 heterocycles. The van der Waals surface area contributed by atoms with Crippen molar-refractivity contribution >= 4 is 11.6 Å². The molecule has 2 rings (SSSR count). The third kappa shape index (κ3) is 4.04. The summed E-state index contributed by atoms with van der Waals surface area (Å²) in [6.07, 6.45) is 7.60. The average molecular weight is 279 g/mol. The summed E-state index contributed by atoms with van der Waals surface area (Å²) in [6, 6.07) is 4.06. The van der Waals surface area contributed by atoms with E-state index in [1.165, 1.54) is 5.56 Å². The Balaban J connectivity index is 2.13. The number of aryl methyl sites for hydroxylation is 1. The first-order valence-corrected chi connectivity index (χ1v) is 6.89. The van der Waals surface area contributed by atoms with E-state index in [0.29, 0.717) is 5.02 Å². The zero-order valence-electron chi connectivity index (χ0n) is 11.3. The van der Waals surface area contributed by atoms with Crippen molar-refractivity contribution in [2.24, 2.45) is 7.05 Å². The van der Waals surface area contributed by atoms with E-state index in [-0.39, 0.29) is 6.04 Å². The van der Waals surface area contributed by atoms with Crippen molar-refractivity contribution in [3.63, 3.8) is 0 Å². The number of hydrogen-bond acceptors (Lipinski definition) is 3. The highest BCUT2D eigenvalue weighted by Crippen LogP contribution is 2.18. The molecule has 0 aliphatic rings. The topological polar surface area (TPSA) is 42.7 Å². The Bertz CT molecular complexity index is 506. The highest BCUT2D eigenvalue weighted by atomic mass is 35.5. The van der Waals surface area contributed by atoms with Gasteiger partial charge in [-0.1, -0.05) is 18.5 Å². The maximum Gasteiger partial charge on any atom is 0.0589 e. The van der Waals surface area contributed by atoms with Gasteiger partial charge in [0, 0.05) is 19.4 Å². The van der Waals surface area contributed by atoms with Gasteiger partial charge in [0.05, 0.1) is 23.0 Å². The quantitative estimate of drug-likeness (QED) is 0.883. The van der Waals surface area contributed by atoms with Gasteiger partial charge in [-0.15, -0.1) is 0 Å². The van der Waals surface area contributed by atoms with E-state index in [1.54, 1.807) is 6.20 Å². The van der Waals surface area contributed by atoms with Crippen molar-refractivity contribution in [1.82, 2.24) is 20.1 Å². The molecule has 0 saturated heterocycles. The van der Waals surface area contributed by atoms with Gasteiger partial charge in [-0.25, -0.2) is 0 Å². The number of hydrogen-bond donors (Lipinski definition) is 1. The predicted molar refractivity (Wildman–Crippen MR) is 77.2 cm³/mol. The fraction of sp³-hybridized carbons (Fsp3) is 0.429. The third-order valence-corrected chi connectivity index (χ3v) is 3.17. The highest BCUT2D eigenvalue weighted by Gasteiger charge is 2.13. The lowest BCUT2D eigenvalue weighted by molar-refractivity contribution is 0.518. The first kappa shape index (κ1) is 14.0. The predicted octanol–water partition coefficient (Wildman–Crippen LogP) is 2.75. The van der Waals surface area contributed by atoms with E-state index in [0.717, 1.165) is 25.1 Å². The standard InChI is InChI=1S/C14H19ClN4/c1-3-6-16-14(7-11-8-18-19(2)10-11)13-5-4-12(15)9-17-13/h4-5,8-10,14,16H,3,6-7H2,1-2H3. The molecule has 1 atom stereocenters. The van der Waals surface area contributed by atoms with Gasteiger partial charge < -0.3 is 5.32 Å². The van der Waals surface area contributed by atoms with E-state index in [2.05, 4.69) is 22.3 Å². The van der Waals surface area contributed by atoms with Crippen LogP contribution >= 0.6 is 11.6 Å². The molecule has 0 spiro atoms. The second kappa shape index (κ2) is 6.68. The van der Waals surface area contributed by atoms with Crippen molar-refractivity contribution in [2.45, 2.75) is 25.8 Å². The lowest BCUT2D eigenvalue weighted by Crippen LogP contribution is -2.24. The minimum atomic E-state index is 0.196. The normalized spacial score (nSPS) is 12.6. The Hall–Kier alpha value is -1.39. The molecule has 1 N–H and O–H groups in total. The highest BCUT2D eigenvalue weighted by molar-refractivity contribution is 6.30. The summed E-state index contributed by atoms with van der Waals surface area (Å²) in [5.41, 5.74) is 2.22. The fourth-order valence-electron chi connectivity index (χ4n) is 2.01. The van der Waals surface area contributed by atoms with E-state index in [1.807, 2.05) is 36.3 Å². The minimum Gasteiger partial charge on any atom is -0.308 e. The van der Waals surface area contributed by atoms with Crippen LogP contribution in [0, 0.1) is 0 Å². The molecule has 0 radical (unpaired) electrons. The Labute approximate surface area is 118 Å². The molecule has 0 saturated carbocycles. The molecule has 5 heteroatoms. The average Bonchev–Trinajstić information content (AvgIpc) is 2.81. The summed E-state index contributed by atoms with van der Waals surface area (Å²) in [4.78, 5) is 4.41. The fourth-order valence-corrected chi connectivity index (χ4v) is 2.12. The van der Waals surface area contributed by atoms with Gasteiger partial charge in [-0.2, -0.15) is 5.10 Å². The second-order valence-electron chi connectivity index (χ2n) is 4.63. The van der Waals surface area contributed by atoms with Gasteiger partial charge in [-0.3, -0.25) is 9.67 Å². The Morgan fingerprint density at radius 1 is 1.37 bits per heavy atom. The summed E-state index contributed by atoms with van der Waals surface area (Å²) in [6.45, 7) is 3.12. The van der Waals surface area contributed by atoms with Crippen LogP contribution in [-0.4, -0.2) is 21.3 Å². The minimum absolute atomic E-state index is 0.196. The van der Waals surface area contributed by atoms with E-state index in [9.17, 15) is 0 Å². The number of halogens is 1. The van der Waals surface area contributed by atoms with E-state index >= 15 is 0 Å². The number of rotatable bonds is 6. The number of aromatic nitrogens is 3. The molecule has 0 aliphatic heterocycles. The summed E-state index contributed by atoms with van der Waals surface area (Å²) >= 11 is 5.89. The van der Waals surface area contributed by atoms with Crippen LogP contribution in [0.25, 0.3) is 0 Å². The van der Waals surface area contributed by atoms with Crippen molar-refractivity contribution in [3.8, 4) is 0 Å². The van der Waals surface area contributed by atoms with Gasteiger partial charge in [0.1, 0.15) is 0 Å². The monoisotopic (exact) mass is 278 g/mol. The van der Waals surface area contributed by atoms with Gasteiger partial charge in [0.25, 0.3) is 0 Å². The molecule has 102 valence electrons. The van der Waals surface area contributed by atoms with Gasteiger partial charge >= 0.3 is 0 Å². The SMILES string of the molecule is CCCNC(Cc1cnn(C)c1)c1ccc(Cl)cn1. The molecule has 0 amide bonds. The molecular weight excluding hydrogens is 260 g/mol. The van der Waals surface area contributed by atoms with E-state index in [4.69, 9.17) is 11.6 Å². The maximum absolute atomic E-state index is 5.89. The Morgan fingerprint density at radius 2 is 2.21 bits per heavy atom. The number of nitrogens with zero attached hydrogens (tertiary/aromatic N) is 3. The molecule has 0 fully saturated rings. The lowest BCUT2D eigenvalue weighted by Gasteiger charge is -2.17. The van der Waals surface area contributed by atoms with Crippen LogP contribution in [0.4, 0.5) is 0 Å². The van der Waals surface area contributed by atoms with Crippen molar-refractivity contribution in [1.29, 1.82) is 0 Å². The van der Waals surface area contributed by atoms with Crippen molar-refractivity contribution in [2.75, 3.05) is 6.54 Å².